The number of aryl methyl sites for hydroxylation is 1. The summed E-state index contributed by atoms with van der Waals surface area (Å²) in [5.41, 5.74) is 7.35. The highest BCUT2D eigenvalue weighted by Gasteiger charge is 2.12. The average molecular weight is 281 g/mol. The molecule has 1 aromatic heterocycles. The van der Waals surface area contributed by atoms with Gasteiger partial charge >= 0.3 is 0 Å². The van der Waals surface area contributed by atoms with Gasteiger partial charge in [0.2, 0.25) is 0 Å². The summed E-state index contributed by atoms with van der Waals surface area (Å²) < 4.78 is 0. The van der Waals surface area contributed by atoms with E-state index in [1.54, 1.807) is 0 Å². The van der Waals surface area contributed by atoms with Crippen LogP contribution >= 0.6 is 11.3 Å². The Morgan fingerprint density at radius 3 is 2.50 bits per heavy atom. The SMILES string of the molecule is Cc1ccc(CC(CN)c2ccc3ccccc3c2)s1. The maximum Gasteiger partial charge on any atom is 0.00546 e. The van der Waals surface area contributed by atoms with Crippen LogP contribution in [-0.4, -0.2) is 6.54 Å². The maximum atomic E-state index is 6.01. The molecule has 1 unspecified atom stereocenters. The van der Waals surface area contributed by atoms with E-state index in [0.717, 1.165) is 6.42 Å². The zero-order chi connectivity index (χ0) is 13.9. The Hall–Kier alpha value is -1.64. The third-order valence-corrected chi connectivity index (χ3v) is 4.80. The van der Waals surface area contributed by atoms with Gasteiger partial charge in [-0.3, -0.25) is 0 Å². The minimum atomic E-state index is 0.401. The van der Waals surface area contributed by atoms with E-state index in [1.807, 2.05) is 11.3 Å². The van der Waals surface area contributed by atoms with E-state index in [9.17, 15) is 0 Å². The summed E-state index contributed by atoms with van der Waals surface area (Å²) in [7, 11) is 0. The van der Waals surface area contributed by atoms with Crippen LogP contribution in [0.1, 0.15) is 21.2 Å². The lowest BCUT2D eigenvalue weighted by Gasteiger charge is -2.15. The van der Waals surface area contributed by atoms with Crippen LogP contribution in [0.25, 0.3) is 10.8 Å². The van der Waals surface area contributed by atoms with Crippen LogP contribution in [0, 0.1) is 6.92 Å². The first-order valence-electron chi connectivity index (χ1n) is 7.00. The van der Waals surface area contributed by atoms with Crippen molar-refractivity contribution in [3.8, 4) is 0 Å². The average Bonchev–Trinajstić information content (AvgIpc) is 2.89. The van der Waals surface area contributed by atoms with E-state index >= 15 is 0 Å². The topological polar surface area (TPSA) is 26.0 Å². The molecule has 2 heteroatoms. The van der Waals surface area contributed by atoms with Crippen molar-refractivity contribution in [1.29, 1.82) is 0 Å². The molecule has 0 spiro atoms. The van der Waals surface area contributed by atoms with Gasteiger partial charge in [-0.1, -0.05) is 42.5 Å². The van der Waals surface area contributed by atoms with Gasteiger partial charge in [0.25, 0.3) is 0 Å². The van der Waals surface area contributed by atoms with Crippen molar-refractivity contribution >= 4 is 22.1 Å². The lowest BCUT2D eigenvalue weighted by Crippen LogP contribution is -2.14. The molecule has 2 N–H and O–H groups in total. The molecule has 0 aliphatic heterocycles. The minimum absolute atomic E-state index is 0.401. The van der Waals surface area contributed by atoms with Crippen LogP contribution in [0.3, 0.4) is 0 Å². The van der Waals surface area contributed by atoms with E-state index in [1.165, 1.54) is 26.1 Å². The Morgan fingerprint density at radius 2 is 1.80 bits per heavy atom. The Bertz CT molecular complexity index is 714. The third kappa shape index (κ3) is 2.77. The lowest BCUT2D eigenvalue weighted by molar-refractivity contribution is 0.702. The molecule has 2 aromatic carbocycles. The van der Waals surface area contributed by atoms with Crippen LogP contribution in [0.2, 0.25) is 0 Å². The van der Waals surface area contributed by atoms with Gasteiger partial charge in [-0.05, 0) is 48.4 Å². The normalized spacial score (nSPS) is 12.7. The van der Waals surface area contributed by atoms with Crippen LogP contribution in [0.15, 0.2) is 54.6 Å². The minimum Gasteiger partial charge on any atom is -0.330 e. The second-order valence-electron chi connectivity index (χ2n) is 5.26. The predicted octanol–water partition coefficient (Wildman–Crippen LogP) is 4.49. The van der Waals surface area contributed by atoms with E-state index in [-0.39, 0.29) is 0 Å². The molecule has 102 valence electrons. The highest BCUT2D eigenvalue weighted by atomic mass is 32.1. The lowest BCUT2D eigenvalue weighted by atomic mass is 9.93. The van der Waals surface area contributed by atoms with Gasteiger partial charge in [0, 0.05) is 15.7 Å². The molecule has 3 aromatic rings. The van der Waals surface area contributed by atoms with Crippen molar-refractivity contribution in [2.45, 2.75) is 19.3 Å². The second kappa shape index (κ2) is 5.78. The first kappa shape index (κ1) is 13.3. The molecule has 0 saturated carbocycles. The summed E-state index contributed by atoms with van der Waals surface area (Å²) in [6, 6.07) is 19.6. The highest BCUT2D eigenvalue weighted by Crippen LogP contribution is 2.27. The summed E-state index contributed by atoms with van der Waals surface area (Å²) in [6.45, 7) is 2.84. The smallest absolute Gasteiger partial charge is 0.00546 e. The predicted molar refractivity (Wildman–Crippen MR) is 88.5 cm³/mol. The number of thiophene rings is 1. The zero-order valence-corrected chi connectivity index (χ0v) is 12.5. The van der Waals surface area contributed by atoms with Crippen molar-refractivity contribution in [3.63, 3.8) is 0 Å². The van der Waals surface area contributed by atoms with Crippen LogP contribution in [-0.2, 0) is 6.42 Å². The molecule has 20 heavy (non-hydrogen) atoms. The summed E-state index contributed by atoms with van der Waals surface area (Å²) in [6.07, 6.45) is 1.04. The van der Waals surface area contributed by atoms with E-state index < -0.39 is 0 Å². The molecular weight excluding hydrogens is 262 g/mol. The molecule has 1 nitrogen and oxygen atoms in total. The van der Waals surface area contributed by atoms with E-state index in [4.69, 9.17) is 5.73 Å². The highest BCUT2D eigenvalue weighted by molar-refractivity contribution is 7.11. The molecule has 0 amide bonds. The van der Waals surface area contributed by atoms with Crippen molar-refractivity contribution < 1.29 is 0 Å². The number of hydrogen-bond acceptors (Lipinski definition) is 2. The van der Waals surface area contributed by atoms with E-state index in [2.05, 4.69) is 61.5 Å². The van der Waals surface area contributed by atoms with Gasteiger partial charge in [-0.2, -0.15) is 0 Å². The molecule has 0 radical (unpaired) electrons. The molecule has 0 bridgehead atoms. The van der Waals surface area contributed by atoms with Gasteiger partial charge in [-0.15, -0.1) is 11.3 Å². The van der Waals surface area contributed by atoms with Crippen LogP contribution < -0.4 is 5.73 Å². The fraction of sp³-hybridized carbons (Fsp3) is 0.222. The van der Waals surface area contributed by atoms with Gasteiger partial charge in [0.1, 0.15) is 0 Å². The molecule has 1 heterocycles. The number of rotatable bonds is 4. The molecule has 0 aliphatic rings. The molecular formula is C18H19NS. The number of nitrogens with two attached hydrogens (primary N) is 1. The zero-order valence-electron chi connectivity index (χ0n) is 11.7. The summed E-state index contributed by atoms with van der Waals surface area (Å²) in [5, 5.41) is 2.59. The molecule has 0 fully saturated rings. The largest absolute Gasteiger partial charge is 0.330 e. The molecule has 0 saturated heterocycles. The monoisotopic (exact) mass is 281 g/mol. The summed E-state index contributed by atoms with van der Waals surface area (Å²) in [4.78, 5) is 2.79. The Kier molecular flexibility index (Phi) is 3.86. The fourth-order valence-corrected chi connectivity index (χ4v) is 3.61. The van der Waals surface area contributed by atoms with Crippen molar-refractivity contribution in [3.05, 3.63) is 69.9 Å². The Labute approximate surface area is 124 Å². The molecule has 1 atom stereocenters. The maximum absolute atomic E-state index is 6.01. The first-order valence-corrected chi connectivity index (χ1v) is 7.82. The van der Waals surface area contributed by atoms with Crippen LogP contribution in [0.4, 0.5) is 0 Å². The second-order valence-corrected chi connectivity index (χ2v) is 6.63. The van der Waals surface area contributed by atoms with Gasteiger partial charge in [0.15, 0.2) is 0 Å². The molecule has 0 aliphatic carbocycles. The first-order chi connectivity index (χ1) is 9.76. The number of fused-ring (bicyclic) bond motifs is 1. The van der Waals surface area contributed by atoms with Gasteiger partial charge < -0.3 is 5.73 Å². The van der Waals surface area contributed by atoms with Crippen molar-refractivity contribution in [2.24, 2.45) is 5.73 Å². The standard InChI is InChI=1S/C18H19NS/c1-13-6-9-18(20-13)11-17(12-19)16-8-7-14-4-2-3-5-15(14)10-16/h2-10,17H,11-12,19H2,1H3. The van der Waals surface area contributed by atoms with E-state index in [0.29, 0.717) is 12.5 Å². The van der Waals surface area contributed by atoms with Crippen molar-refractivity contribution in [1.82, 2.24) is 0 Å². The summed E-state index contributed by atoms with van der Waals surface area (Å²) in [5.74, 6) is 0.401. The van der Waals surface area contributed by atoms with Crippen molar-refractivity contribution in [2.75, 3.05) is 6.54 Å². The van der Waals surface area contributed by atoms with Crippen LogP contribution in [0.5, 0.6) is 0 Å². The Balaban J connectivity index is 1.90. The number of hydrogen-bond donors (Lipinski definition) is 1. The summed E-state index contributed by atoms with van der Waals surface area (Å²) >= 11 is 1.87. The molecule has 3 rings (SSSR count). The Morgan fingerprint density at radius 1 is 1.00 bits per heavy atom. The quantitative estimate of drug-likeness (QED) is 0.749. The fourth-order valence-electron chi connectivity index (χ4n) is 2.64. The van der Waals surface area contributed by atoms with Gasteiger partial charge in [-0.25, -0.2) is 0 Å². The van der Waals surface area contributed by atoms with Gasteiger partial charge in [0.05, 0.1) is 0 Å². The third-order valence-electron chi connectivity index (χ3n) is 3.77. The number of benzene rings is 2.